The van der Waals surface area contributed by atoms with Crippen molar-refractivity contribution in [2.45, 2.75) is 36.8 Å². The van der Waals surface area contributed by atoms with E-state index in [0.29, 0.717) is 34.7 Å². The van der Waals surface area contributed by atoms with Gasteiger partial charge in [0.1, 0.15) is 0 Å². The lowest BCUT2D eigenvalue weighted by atomic mass is 9.85. The van der Waals surface area contributed by atoms with Crippen molar-refractivity contribution in [1.82, 2.24) is 5.32 Å². The highest BCUT2D eigenvalue weighted by molar-refractivity contribution is 7.99. The summed E-state index contributed by atoms with van der Waals surface area (Å²) in [5.41, 5.74) is 0.465. The van der Waals surface area contributed by atoms with Gasteiger partial charge in [0.05, 0.1) is 5.69 Å². The summed E-state index contributed by atoms with van der Waals surface area (Å²) in [6, 6.07) is 6.69. The van der Waals surface area contributed by atoms with Gasteiger partial charge in [-0.3, -0.25) is 4.79 Å². The smallest absolute Gasteiger partial charge is 0.288 e. The summed E-state index contributed by atoms with van der Waals surface area (Å²) in [5, 5.41) is 6.12. The first kappa shape index (κ1) is 20.2. The normalized spacial score (nSPS) is 19.0. The first-order valence-corrected chi connectivity index (χ1v) is 8.48. The Balaban J connectivity index is 0.00000264. The third kappa shape index (κ3) is 6.65. The van der Waals surface area contributed by atoms with Gasteiger partial charge in [0, 0.05) is 11.3 Å². The third-order valence-corrected chi connectivity index (χ3v) is 4.81. The second kappa shape index (κ2) is 10.1. The molecule has 1 aromatic carbocycles. The van der Waals surface area contributed by atoms with Crippen LogP contribution in [0.2, 0.25) is 0 Å². The number of carbonyl (C=O) groups is 1. The van der Waals surface area contributed by atoms with E-state index in [0.717, 1.165) is 25.9 Å². The summed E-state index contributed by atoms with van der Waals surface area (Å²) in [7, 11) is 0. The average Bonchev–Trinajstić information content (AvgIpc) is 2.49. The molecule has 130 valence electrons. The van der Waals surface area contributed by atoms with Gasteiger partial charge in [-0.05, 0) is 49.9 Å². The fraction of sp³-hybridized carbons (Fsp3) is 0.562. The number of alkyl halides is 2. The molecule has 1 aromatic rings. The summed E-state index contributed by atoms with van der Waals surface area (Å²) >= 11 is 0.456. The Morgan fingerprint density at radius 3 is 2.83 bits per heavy atom. The van der Waals surface area contributed by atoms with E-state index in [1.54, 1.807) is 24.3 Å². The molecule has 2 unspecified atom stereocenters. The van der Waals surface area contributed by atoms with E-state index < -0.39 is 5.76 Å². The molecule has 0 aromatic heterocycles. The Hall–Kier alpha value is -0.850. The molecule has 2 atom stereocenters. The molecule has 2 rings (SSSR count). The number of piperidine rings is 1. The largest absolute Gasteiger partial charge is 0.325 e. The van der Waals surface area contributed by atoms with E-state index in [9.17, 15) is 13.6 Å². The zero-order valence-electron chi connectivity index (χ0n) is 13.1. The zero-order chi connectivity index (χ0) is 15.9. The number of amides is 1. The lowest BCUT2D eigenvalue weighted by molar-refractivity contribution is -0.117. The first-order chi connectivity index (χ1) is 10.6. The minimum absolute atomic E-state index is 0. The standard InChI is InChI=1S/C16H22F2N2OS.ClH/c1-11(12-5-4-8-19-10-12)9-15(21)20-13-6-2-3-7-14(13)22-16(17)18;/h2-3,6-7,11-12,16,19H,4-5,8-10H2,1H3,(H,20,21);1H. The SMILES string of the molecule is CC(CC(=O)Nc1ccccc1SC(F)F)C1CCCNC1.Cl. The quantitative estimate of drug-likeness (QED) is 0.735. The fourth-order valence-electron chi connectivity index (χ4n) is 2.79. The molecular weight excluding hydrogens is 342 g/mol. The summed E-state index contributed by atoms with van der Waals surface area (Å²) in [6.07, 6.45) is 2.70. The Labute approximate surface area is 146 Å². The van der Waals surface area contributed by atoms with Gasteiger partial charge in [-0.1, -0.05) is 30.8 Å². The molecule has 1 amide bonds. The van der Waals surface area contributed by atoms with Crippen molar-refractivity contribution in [2.75, 3.05) is 18.4 Å². The van der Waals surface area contributed by atoms with Gasteiger partial charge < -0.3 is 10.6 Å². The van der Waals surface area contributed by atoms with Crippen LogP contribution in [0.3, 0.4) is 0 Å². The fourth-order valence-corrected chi connectivity index (χ4v) is 3.39. The molecule has 1 aliphatic heterocycles. The zero-order valence-corrected chi connectivity index (χ0v) is 14.7. The van der Waals surface area contributed by atoms with E-state index in [-0.39, 0.29) is 24.2 Å². The van der Waals surface area contributed by atoms with Crippen LogP contribution in [0, 0.1) is 11.8 Å². The lowest BCUT2D eigenvalue weighted by Crippen LogP contribution is -2.34. The van der Waals surface area contributed by atoms with Crippen LogP contribution in [-0.4, -0.2) is 24.8 Å². The van der Waals surface area contributed by atoms with Crippen molar-refractivity contribution in [3.63, 3.8) is 0 Å². The van der Waals surface area contributed by atoms with Crippen molar-refractivity contribution in [2.24, 2.45) is 11.8 Å². The monoisotopic (exact) mass is 364 g/mol. The van der Waals surface area contributed by atoms with Crippen LogP contribution in [0.1, 0.15) is 26.2 Å². The highest BCUT2D eigenvalue weighted by Gasteiger charge is 2.22. The average molecular weight is 365 g/mol. The van der Waals surface area contributed by atoms with Crippen LogP contribution in [0.25, 0.3) is 0 Å². The molecule has 0 saturated carbocycles. The van der Waals surface area contributed by atoms with Gasteiger partial charge in [-0.2, -0.15) is 8.78 Å². The molecule has 1 saturated heterocycles. The number of benzene rings is 1. The number of rotatable bonds is 6. The van der Waals surface area contributed by atoms with Gasteiger partial charge in [0.15, 0.2) is 0 Å². The van der Waals surface area contributed by atoms with Gasteiger partial charge >= 0.3 is 0 Å². The number of hydrogen-bond acceptors (Lipinski definition) is 3. The number of hydrogen-bond donors (Lipinski definition) is 2. The molecule has 1 aliphatic rings. The maximum absolute atomic E-state index is 12.5. The highest BCUT2D eigenvalue weighted by atomic mass is 35.5. The highest BCUT2D eigenvalue weighted by Crippen LogP contribution is 2.32. The Morgan fingerprint density at radius 2 is 2.17 bits per heavy atom. The molecule has 1 fully saturated rings. The molecule has 0 bridgehead atoms. The summed E-state index contributed by atoms with van der Waals surface area (Å²) in [5.74, 6) is -1.82. The summed E-state index contributed by atoms with van der Waals surface area (Å²) in [6.45, 7) is 4.08. The maximum atomic E-state index is 12.5. The molecule has 0 radical (unpaired) electrons. The molecule has 7 heteroatoms. The second-order valence-corrected chi connectivity index (χ2v) is 6.74. The van der Waals surface area contributed by atoms with Crippen LogP contribution in [0.15, 0.2) is 29.2 Å². The Bertz CT molecular complexity index is 499. The van der Waals surface area contributed by atoms with E-state index in [1.807, 2.05) is 0 Å². The molecule has 2 N–H and O–H groups in total. The van der Waals surface area contributed by atoms with Crippen molar-refractivity contribution in [3.8, 4) is 0 Å². The number of thioether (sulfide) groups is 1. The number of carbonyl (C=O) groups excluding carboxylic acids is 1. The topological polar surface area (TPSA) is 41.1 Å². The van der Waals surface area contributed by atoms with Crippen LogP contribution in [-0.2, 0) is 4.79 Å². The van der Waals surface area contributed by atoms with Crippen LogP contribution < -0.4 is 10.6 Å². The van der Waals surface area contributed by atoms with E-state index in [1.165, 1.54) is 0 Å². The number of nitrogens with one attached hydrogen (secondary N) is 2. The van der Waals surface area contributed by atoms with Gasteiger partial charge in [-0.15, -0.1) is 12.4 Å². The lowest BCUT2D eigenvalue weighted by Gasteiger charge is -2.28. The van der Waals surface area contributed by atoms with Crippen LogP contribution >= 0.6 is 24.2 Å². The molecular formula is C16H23ClF2N2OS. The Kier molecular flexibility index (Phi) is 8.87. The minimum atomic E-state index is -2.50. The van der Waals surface area contributed by atoms with E-state index in [4.69, 9.17) is 0 Å². The van der Waals surface area contributed by atoms with Crippen molar-refractivity contribution in [1.29, 1.82) is 0 Å². The van der Waals surface area contributed by atoms with E-state index >= 15 is 0 Å². The van der Waals surface area contributed by atoms with Crippen LogP contribution in [0.5, 0.6) is 0 Å². The maximum Gasteiger partial charge on any atom is 0.288 e. The summed E-state index contributed by atoms with van der Waals surface area (Å²) < 4.78 is 25.1. The van der Waals surface area contributed by atoms with Crippen molar-refractivity contribution in [3.05, 3.63) is 24.3 Å². The first-order valence-electron chi connectivity index (χ1n) is 7.60. The predicted molar refractivity (Wildman–Crippen MR) is 93.6 cm³/mol. The molecule has 0 spiro atoms. The Morgan fingerprint density at radius 1 is 1.43 bits per heavy atom. The second-order valence-electron chi connectivity index (χ2n) is 5.71. The minimum Gasteiger partial charge on any atom is -0.325 e. The number of para-hydroxylation sites is 1. The molecule has 0 aliphatic carbocycles. The molecule has 1 heterocycles. The van der Waals surface area contributed by atoms with Crippen molar-refractivity contribution < 1.29 is 13.6 Å². The summed E-state index contributed by atoms with van der Waals surface area (Å²) in [4.78, 5) is 12.6. The molecule has 3 nitrogen and oxygen atoms in total. The molecule has 23 heavy (non-hydrogen) atoms. The van der Waals surface area contributed by atoms with Crippen LogP contribution in [0.4, 0.5) is 14.5 Å². The van der Waals surface area contributed by atoms with Gasteiger partial charge in [0.25, 0.3) is 5.76 Å². The van der Waals surface area contributed by atoms with E-state index in [2.05, 4.69) is 17.6 Å². The number of anilines is 1. The number of halogens is 3. The van der Waals surface area contributed by atoms with Crippen molar-refractivity contribution >= 4 is 35.8 Å². The van der Waals surface area contributed by atoms with Gasteiger partial charge in [-0.25, -0.2) is 0 Å². The third-order valence-electron chi connectivity index (χ3n) is 4.02. The predicted octanol–water partition coefficient (Wildman–Crippen LogP) is 4.39. The van der Waals surface area contributed by atoms with Gasteiger partial charge in [0.2, 0.25) is 5.91 Å².